The smallest absolute Gasteiger partial charge is 0.225 e. The molecule has 0 aromatic rings. The highest BCUT2D eigenvalue weighted by molar-refractivity contribution is 5.80. The number of hydrogen-bond donors (Lipinski definition) is 0. The normalized spacial score (nSPS) is 16.6. The molecule has 1 fully saturated rings. The first-order valence-corrected chi connectivity index (χ1v) is 8.08. The number of rotatable bonds is 6. The molecule has 0 atom stereocenters. The molecule has 0 spiro atoms. The molecule has 0 aliphatic carbocycles. The van der Waals surface area contributed by atoms with Crippen molar-refractivity contribution in [2.75, 3.05) is 26.2 Å². The summed E-state index contributed by atoms with van der Waals surface area (Å²) in [4.78, 5) is 28.4. The maximum absolute atomic E-state index is 12.5. The molecule has 0 unspecified atom stereocenters. The van der Waals surface area contributed by atoms with Crippen LogP contribution in [0.2, 0.25) is 0 Å². The van der Waals surface area contributed by atoms with Crippen molar-refractivity contribution in [3.63, 3.8) is 0 Å². The molecular formula is C16H30N2O2. The van der Waals surface area contributed by atoms with Gasteiger partial charge in [-0.3, -0.25) is 9.59 Å². The van der Waals surface area contributed by atoms with Gasteiger partial charge in [-0.2, -0.15) is 0 Å². The van der Waals surface area contributed by atoms with E-state index in [0.717, 1.165) is 51.9 Å². The number of likely N-dealkylation sites (tertiary alicyclic amines) is 1. The van der Waals surface area contributed by atoms with E-state index in [9.17, 15) is 9.59 Å². The molecule has 0 aromatic carbocycles. The Morgan fingerprint density at radius 3 is 2.00 bits per heavy atom. The van der Waals surface area contributed by atoms with Crippen LogP contribution in [0, 0.1) is 11.8 Å². The summed E-state index contributed by atoms with van der Waals surface area (Å²) in [5, 5.41) is 0. The molecule has 20 heavy (non-hydrogen) atoms. The van der Waals surface area contributed by atoms with E-state index in [-0.39, 0.29) is 17.7 Å². The molecule has 116 valence electrons. The number of carbonyl (C=O) groups excluding carboxylic acids is 2. The first kappa shape index (κ1) is 17.0. The van der Waals surface area contributed by atoms with Crippen molar-refractivity contribution >= 4 is 11.8 Å². The summed E-state index contributed by atoms with van der Waals surface area (Å²) in [5.74, 6) is 0.684. The number of piperidine rings is 1. The topological polar surface area (TPSA) is 40.6 Å². The van der Waals surface area contributed by atoms with Gasteiger partial charge in [-0.1, -0.05) is 27.7 Å². The molecule has 1 heterocycles. The van der Waals surface area contributed by atoms with E-state index in [1.165, 1.54) is 0 Å². The van der Waals surface area contributed by atoms with E-state index >= 15 is 0 Å². The molecule has 2 amide bonds. The summed E-state index contributed by atoms with van der Waals surface area (Å²) in [7, 11) is 0. The van der Waals surface area contributed by atoms with E-state index in [0.29, 0.717) is 5.91 Å². The van der Waals surface area contributed by atoms with Gasteiger partial charge in [-0.25, -0.2) is 0 Å². The first-order chi connectivity index (χ1) is 9.51. The zero-order chi connectivity index (χ0) is 15.1. The number of nitrogens with zero attached hydrogens (tertiary/aromatic N) is 2. The number of hydrogen-bond acceptors (Lipinski definition) is 2. The minimum absolute atomic E-state index is 0.0546. The van der Waals surface area contributed by atoms with Crippen LogP contribution in [0.25, 0.3) is 0 Å². The lowest BCUT2D eigenvalue weighted by atomic mass is 9.94. The zero-order valence-electron chi connectivity index (χ0n) is 13.5. The van der Waals surface area contributed by atoms with Crippen molar-refractivity contribution in [2.45, 2.75) is 53.4 Å². The maximum atomic E-state index is 12.5. The van der Waals surface area contributed by atoms with Gasteiger partial charge in [0.1, 0.15) is 0 Å². The molecule has 0 bridgehead atoms. The monoisotopic (exact) mass is 282 g/mol. The lowest BCUT2D eigenvalue weighted by molar-refractivity contribution is -0.142. The standard InChI is InChI=1S/C16H30N2O2/c1-5-9-17(10-6-2)16(20)14-7-11-18(12-8-14)15(19)13(3)4/h13-14H,5-12H2,1-4H3. The van der Waals surface area contributed by atoms with Crippen molar-refractivity contribution < 1.29 is 9.59 Å². The lowest BCUT2D eigenvalue weighted by Crippen LogP contribution is -2.45. The van der Waals surface area contributed by atoms with Crippen molar-refractivity contribution in [2.24, 2.45) is 11.8 Å². The van der Waals surface area contributed by atoms with Gasteiger partial charge in [-0.05, 0) is 25.7 Å². The van der Waals surface area contributed by atoms with Crippen LogP contribution in [0.4, 0.5) is 0 Å². The Balaban J connectivity index is 2.51. The molecule has 0 saturated carbocycles. The fourth-order valence-electron chi connectivity index (χ4n) is 2.84. The Bertz CT molecular complexity index is 314. The molecule has 4 nitrogen and oxygen atoms in total. The van der Waals surface area contributed by atoms with Crippen molar-refractivity contribution in [3.05, 3.63) is 0 Å². The van der Waals surface area contributed by atoms with Crippen LogP contribution in [0.3, 0.4) is 0 Å². The second-order valence-electron chi connectivity index (χ2n) is 6.08. The molecule has 0 N–H and O–H groups in total. The van der Waals surface area contributed by atoms with Gasteiger partial charge in [0.15, 0.2) is 0 Å². The van der Waals surface area contributed by atoms with E-state index in [2.05, 4.69) is 13.8 Å². The second-order valence-corrected chi connectivity index (χ2v) is 6.08. The second kappa shape index (κ2) is 8.28. The van der Waals surface area contributed by atoms with Crippen molar-refractivity contribution in [3.8, 4) is 0 Å². The van der Waals surface area contributed by atoms with Gasteiger partial charge >= 0.3 is 0 Å². The fourth-order valence-corrected chi connectivity index (χ4v) is 2.84. The lowest BCUT2D eigenvalue weighted by Gasteiger charge is -2.35. The van der Waals surface area contributed by atoms with E-state index in [1.807, 2.05) is 23.6 Å². The van der Waals surface area contributed by atoms with Gasteiger partial charge < -0.3 is 9.80 Å². The van der Waals surface area contributed by atoms with E-state index < -0.39 is 0 Å². The van der Waals surface area contributed by atoms with Crippen LogP contribution in [0.5, 0.6) is 0 Å². The Morgan fingerprint density at radius 1 is 1.10 bits per heavy atom. The maximum Gasteiger partial charge on any atom is 0.225 e. The molecule has 1 rings (SSSR count). The third-order valence-electron chi connectivity index (χ3n) is 3.95. The SMILES string of the molecule is CCCN(CCC)C(=O)C1CCN(C(=O)C(C)C)CC1. The highest BCUT2D eigenvalue weighted by Crippen LogP contribution is 2.21. The summed E-state index contributed by atoms with van der Waals surface area (Å²) >= 11 is 0. The van der Waals surface area contributed by atoms with Crippen LogP contribution in [0.1, 0.15) is 53.4 Å². The van der Waals surface area contributed by atoms with Gasteiger partial charge in [0, 0.05) is 38.0 Å². The Kier molecular flexibility index (Phi) is 7.03. The molecule has 1 aliphatic rings. The molecule has 1 aliphatic heterocycles. The Hall–Kier alpha value is -1.06. The Morgan fingerprint density at radius 2 is 1.60 bits per heavy atom. The number of carbonyl (C=O) groups is 2. The van der Waals surface area contributed by atoms with Gasteiger partial charge in [0.2, 0.25) is 11.8 Å². The molecular weight excluding hydrogens is 252 g/mol. The third-order valence-corrected chi connectivity index (χ3v) is 3.95. The zero-order valence-corrected chi connectivity index (χ0v) is 13.5. The summed E-state index contributed by atoms with van der Waals surface area (Å²) in [6, 6.07) is 0. The fraction of sp³-hybridized carbons (Fsp3) is 0.875. The minimum Gasteiger partial charge on any atom is -0.342 e. The largest absolute Gasteiger partial charge is 0.342 e. The average Bonchev–Trinajstić information content (AvgIpc) is 2.45. The van der Waals surface area contributed by atoms with Crippen LogP contribution in [0.15, 0.2) is 0 Å². The average molecular weight is 282 g/mol. The third kappa shape index (κ3) is 4.50. The molecule has 4 heteroatoms. The van der Waals surface area contributed by atoms with Crippen molar-refractivity contribution in [1.82, 2.24) is 9.80 Å². The van der Waals surface area contributed by atoms with Crippen LogP contribution in [-0.4, -0.2) is 47.8 Å². The molecule has 0 aromatic heterocycles. The molecule has 0 radical (unpaired) electrons. The summed E-state index contributed by atoms with van der Waals surface area (Å²) in [6.07, 6.45) is 3.66. The quantitative estimate of drug-likeness (QED) is 0.751. The predicted molar refractivity (Wildman–Crippen MR) is 81.3 cm³/mol. The minimum atomic E-state index is 0.0546. The van der Waals surface area contributed by atoms with Crippen molar-refractivity contribution in [1.29, 1.82) is 0 Å². The highest BCUT2D eigenvalue weighted by Gasteiger charge is 2.30. The van der Waals surface area contributed by atoms with Crippen LogP contribution < -0.4 is 0 Å². The predicted octanol–water partition coefficient (Wildman–Crippen LogP) is 2.53. The van der Waals surface area contributed by atoms with Gasteiger partial charge in [0.25, 0.3) is 0 Å². The van der Waals surface area contributed by atoms with E-state index in [1.54, 1.807) is 0 Å². The summed E-state index contributed by atoms with van der Waals surface area (Å²) in [5.41, 5.74) is 0. The Labute approximate surface area is 123 Å². The van der Waals surface area contributed by atoms with Crippen LogP contribution in [-0.2, 0) is 9.59 Å². The number of amides is 2. The van der Waals surface area contributed by atoms with Gasteiger partial charge in [0.05, 0.1) is 0 Å². The van der Waals surface area contributed by atoms with E-state index in [4.69, 9.17) is 0 Å². The first-order valence-electron chi connectivity index (χ1n) is 8.08. The molecule has 1 saturated heterocycles. The summed E-state index contributed by atoms with van der Waals surface area (Å²) < 4.78 is 0. The van der Waals surface area contributed by atoms with Crippen LogP contribution >= 0.6 is 0 Å². The summed E-state index contributed by atoms with van der Waals surface area (Å²) in [6.45, 7) is 11.3. The highest BCUT2D eigenvalue weighted by atomic mass is 16.2. The van der Waals surface area contributed by atoms with Gasteiger partial charge in [-0.15, -0.1) is 0 Å².